The molecule has 4 nitrogen and oxygen atoms in total. The highest BCUT2D eigenvalue weighted by atomic mass is 35.5. The third-order valence-electron chi connectivity index (χ3n) is 1.99. The average molecular weight is 254 g/mol. The van der Waals surface area contributed by atoms with E-state index in [0.29, 0.717) is 0 Å². The van der Waals surface area contributed by atoms with Crippen LogP contribution in [0.5, 0.6) is 11.6 Å². The van der Waals surface area contributed by atoms with Crippen molar-refractivity contribution in [2.24, 2.45) is 0 Å². The summed E-state index contributed by atoms with van der Waals surface area (Å²) in [5.74, 6) is -0.337. The summed E-state index contributed by atoms with van der Waals surface area (Å²) in [5.41, 5.74) is 6.27. The van der Waals surface area contributed by atoms with E-state index < -0.39 is 5.82 Å². The van der Waals surface area contributed by atoms with Crippen molar-refractivity contribution in [3.05, 3.63) is 40.8 Å². The summed E-state index contributed by atoms with van der Waals surface area (Å²) in [6.07, 6.45) is 0. The number of benzene rings is 1. The molecule has 0 spiro atoms. The van der Waals surface area contributed by atoms with E-state index in [4.69, 9.17) is 22.1 Å². The molecule has 0 aliphatic rings. The van der Waals surface area contributed by atoms with Gasteiger partial charge in [-0.3, -0.25) is 0 Å². The second-order valence-electron chi connectivity index (χ2n) is 3.42. The van der Waals surface area contributed by atoms with Crippen molar-refractivity contribution in [3.8, 4) is 11.6 Å². The molecule has 0 radical (unpaired) electrons. The number of ether oxygens (including phenoxy) is 1. The highest BCUT2D eigenvalue weighted by molar-refractivity contribution is 6.29. The van der Waals surface area contributed by atoms with Crippen molar-refractivity contribution in [1.29, 1.82) is 0 Å². The maximum Gasteiger partial charge on any atom is 0.225 e. The van der Waals surface area contributed by atoms with Crippen LogP contribution in [0.3, 0.4) is 0 Å². The summed E-state index contributed by atoms with van der Waals surface area (Å²) in [6.45, 7) is 1.83. The van der Waals surface area contributed by atoms with E-state index in [1.807, 2.05) is 6.92 Å². The van der Waals surface area contributed by atoms with Gasteiger partial charge in [0.05, 0.1) is 0 Å². The zero-order valence-electron chi connectivity index (χ0n) is 8.95. The summed E-state index contributed by atoms with van der Waals surface area (Å²) in [4.78, 5) is 7.47. The largest absolute Gasteiger partial charge is 0.436 e. The van der Waals surface area contributed by atoms with Crippen molar-refractivity contribution in [3.63, 3.8) is 0 Å². The van der Waals surface area contributed by atoms with Crippen molar-refractivity contribution in [2.45, 2.75) is 6.92 Å². The van der Waals surface area contributed by atoms with Crippen LogP contribution >= 0.6 is 11.6 Å². The zero-order valence-corrected chi connectivity index (χ0v) is 9.70. The van der Waals surface area contributed by atoms with E-state index in [-0.39, 0.29) is 22.7 Å². The van der Waals surface area contributed by atoms with Gasteiger partial charge in [0.1, 0.15) is 5.15 Å². The van der Waals surface area contributed by atoms with Crippen LogP contribution in [-0.2, 0) is 0 Å². The first-order chi connectivity index (χ1) is 8.04. The summed E-state index contributed by atoms with van der Waals surface area (Å²) in [6, 6.07) is 5.88. The van der Waals surface area contributed by atoms with Crippen LogP contribution in [0.4, 0.5) is 10.3 Å². The fourth-order valence-electron chi connectivity index (χ4n) is 1.27. The molecule has 2 rings (SSSR count). The Hall–Kier alpha value is -1.88. The molecule has 1 aromatic heterocycles. The van der Waals surface area contributed by atoms with Crippen molar-refractivity contribution in [1.82, 2.24) is 9.97 Å². The molecule has 1 heterocycles. The lowest BCUT2D eigenvalue weighted by Gasteiger charge is -2.07. The molecule has 2 aromatic rings. The molecular formula is C11H9ClFN3O. The topological polar surface area (TPSA) is 61.0 Å². The Morgan fingerprint density at radius 1 is 1.29 bits per heavy atom. The van der Waals surface area contributed by atoms with Gasteiger partial charge in [-0.2, -0.15) is 4.98 Å². The second-order valence-corrected chi connectivity index (χ2v) is 3.81. The summed E-state index contributed by atoms with van der Waals surface area (Å²) >= 11 is 5.68. The number of nitrogen functional groups attached to an aromatic ring is 1. The highest BCUT2D eigenvalue weighted by Gasteiger charge is 2.07. The van der Waals surface area contributed by atoms with Gasteiger partial charge in [-0.1, -0.05) is 17.7 Å². The fourth-order valence-corrected chi connectivity index (χ4v) is 1.45. The first kappa shape index (κ1) is 11.6. The van der Waals surface area contributed by atoms with Gasteiger partial charge in [-0.05, 0) is 24.6 Å². The van der Waals surface area contributed by atoms with Crippen molar-refractivity contribution < 1.29 is 9.13 Å². The Labute approximate surface area is 102 Å². The van der Waals surface area contributed by atoms with E-state index in [9.17, 15) is 4.39 Å². The summed E-state index contributed by atoms with van der Waals surface area (Å²) < 4.78 is 18.7. The molecule has 0 unspecified atom stereocenters. The molecule has 0 aliphatic carbocycles. The SMILES string of the molecule is Cc1ccc(F)c(Oc2cc(Cl)nc(N)n2)c1. The Morgan fingerprint density at radius 3 is 2.76 bits per heavy atom. The number of halogens is 2. The molecule has 17 heavy (non-hydrogen) atoms. The third-order valence-corrected chi connectivity index (χ3v) is 2.18. The highest BCUT2D eigenvalue weighted by Crippen LogP contribution is 2.25. The van der Waals surface area contributed by atoms with Gasteiger partial charge in [0.2, 0.25) is 11.8 Å². The lowest BCUT2D eigenvalue weighted by molar-refractivity contribution is 0.427. The predicted octanol–water partition coefficient (Wildman–Crippen LogP) is 2.95. The van der Waals surface area contributed by atoms with Gasteiger partial charge in [-0.25, -0.2) is 9.37 Å². The first-order valence-electron chi connectivity index (χ1n) is 4.78. The monoisotopic (exact) mass is 253 g/mol. The van der Waals surface area contributed by atoms with Gasteiger partial charge in [0.25, 0.3) is 0 Å². The normalized spacial score (nSPS) is 10.3. The number of hydrogen-bond acceptors (Lipinski definition) is 4. The minimum absolute atomic E-state index is 0.0273. The van der Waals surface area contributed by atoms with E-state index >= 15 is 0 Å². The van der Waals surface area contributed by atoms with Gasteiger partial charge >= 0.3 is 0 Å². The first-order valence-corrected chi connectivity index (χ1v) is 5.16. The predicted molar refractivity (Wildman–Crippen MR) is 62.7 cm³/mol. The van der Waals surface area contributed by atoms with Crippen LogP contribution in [-0.4, -0.2) is 9.97 Å². The molecule has 0 saturated carbocycles. The number of aryl methyl sites for hydroxylation is 1. The summed E-state index contributed by atoms with van der Waals surface area (Å²) in [5, 5.41) is 0.139. The van der Waals surface area contributed by atoms with Gasteiger partial charge in [0, 0.05) is 6.07 Å². The molecular weight excluding hydrogens is 245 g/mol. The zero-order chi connectivity index (χ0) is 12.4. The molecule has 1 aromatic carbocycles. The van der Waals surface area contributed by atoms with Crippen LogP contribution in [0, 0.1) is 12.7 Å². The molecule has 0 amide bonds. The number of hydrogen-bond donors (Lipinski definition) is 1. The van der Waals surface area contributed by atoms with Gasteiger partial charge < -0.3 is 10.5 Å². The standard InChI is InChI=1S/C11H9ClFN3O/c1-6-2-3-7(13)8(4-6)17-10-5-9(12)15-11(14)16-10/h2-5H,1H3,(H2,14,15,16). The quantitative estimate of drug-likeness (QED) is 0.836. The van der Waals surface area contributed by atoms with Gasteiger partial charge in [-0.15, -0.1) is 0 Å². The van der Waals surface area contributed by atoms with Crippen LogP contribution < -0.4 is 10.5 Å². The molecule has 2 N–H and O–H groups in total. The van der Waals surface area contributed by atoms with Crippen LogP contribution in [0.15, 0.2) is 24.3 Å². The average Bonchev–Trinajstić information content (AvgIpc) is 2.22. The van der Waals surface area contributed by atoms with E-state index in [1.165, 1.54) is 12.1 Å². The lowest BCUT2D eigenvalue weighted by atomic mass is 10.2. The van der Waals surface area contributed by atoms with Crippen LogP contribution in [0.1, 0.15) is 5.56 Å². The molecule has 0 atom stereocenters. The molecule has 0 saturated heterocycles. The smallest absolute Gasteiger partial charge is 0.225 e. The van der Waals surface area contributed by atoms with Crippen LogP contribution in [0.2, 0.25) is 5.15 Å². The number of nitrogens with zero attached hydrogens (tertiary/aromatic N) is 2. The fraction of sp³-hybridized carbons (Fsp3) is 0.0909. The van der Waals surface area contributed by atoms with Crippen molar-refractivity contribution in [2.75, 3.05) is 5.73 Å². The number of aromatic nitrogens is 2. The van der Waals surface area contributed by atoms with E-state index in [1.54, 1.807) is 12.1 Å². The Kier molecular flexibility index (Phi) is 3.10. The maximum atomic E-state index is 13.4. The number of anilines is 1. The van der Waals surface area contributed by atoms with Gasteiger partial charge in [0.15, 0.2) is 11.6 Å². The Bertz CT molecular complexity index is 542. The molecule has 0 aliphatic heterocycles. The van der Waals surface area contributed by atoms with E-state index in [2.05, 4.69) is 9.97 Å². The molecule has 0 fully saturated rings. The van der Waals surface area contributed by atoms with Crippen LogP contribution in [0.25, 0.3) is 0 Å². The Balaban J connectivity index is 2.34. The minimum Gasteiger partial charge on any atom is -0.436 e. The Morgan fingerprint density at radius 2 is 2.06 bits per heavy atom. The van der Waals surface area contributed by atoms with Crippen molar-refractivity contribution >= 4 is 17.5 Å². The maximum absolute atomic E-state index is 13.4. The third kappa shape index (κ3) is 2.82. The number of nitrogens with two attached hydrogens (primary N) is 1. The number of rotatable bonds is 2. The molecule has 0 bridgehead atoms. The summed E-state index contributed by atoms with van der Waals surface area (Å²) in [7, 11) is 0. The molecule has 6 heteroatoms. The minimum atomic E-state index is -0.482. The van der Waals surface area contributed by atoms with E-state index in [0.717, 1.165) is 5.56 Å². The lowest BCUT2D eigenvalue weighted by Crippen LogP contribution is -1.98. The molecule has 88 valence electrons. The second kappa shape index (κ2) is 4.55.